The third kappa shape index (κ3) is 2.66. The molecule has 1 N–H and O–H groups in total. The van der Waals surface area contributed by atoms with Crippen LogP contribution in [-0.2, 0) is 6.42 Å². The molecule has 5 rings (SSSR count). The van der Waals surface area contributed by atoms with Crippen molar-refractivity contribution in [3.05, 3.63) is 64.6 Å². The molecule has 0 unspecified atom stereocenters. The lowest BCUT2D eigenvalue weighted by atomic mass is 10.0. The van der Waals surface area contributed by atoms with Crippen molar-refractivity contribution in [2.75, 3.05) is 7.11 Å². The van der Waals surface area contributed by atoms with Gasteiger partial charge in [-0.15, -0.1) is 5.10 Å². The predicted molar refractivity (Wildman–Crippen MR) is 112 cm³/mol. The van der Waals surface area contributed by atoms with Crippen LogP contribution in [0, 0.1) is 6.92 Å². The highest BCUT2D eigenvalue weighted by Crippen LogP contribution is 2.30. The zero-order chi connectivity index (χ0) is 20.8. The largest absolute Gasteiger partial charge is 0.497 e. The number of pyridine rings is 1. The topological polar surface area (TPSA) is 103 Å². The highest BCUT2D eigenvalue weighted by atomic mass is 16.5. The Morgan fingerprint density at radius 1 is 1.17 bits per heavy atom. The number of hydrogen-bond donors (Lipinski definition) is 1. The fourth-order valence-corrected chi connectivity index (χ4v) is 3.61. The van der Waals surface area contributed by atoms with Crippen LogP contribution in [0.2, 0.25) is 0 Å². The Hall–Kier alpha value is -4.01. The van der Waals surface area contributed by atoms with Gasteiger partial charge in [-0.25, -0.2) is 14.1 Å². The van der Waals surface area contributed by atoms with Gasteiger partial charge in [-0.05, 0) is 37.1 Å². The Morgan fingerprint density at radius 2 is 1.97 bits per heavy atom. The number of hydrogen-bond acceptors (Lipinski definition) is 6. The molecule has 0 spiro atoms. The molecule has 9 heteroatoms. The fraction of sp³-hybridized carbons (Fsp3) is 0.190. The lowest BCUT2D eigenvalue weighted by Gasteiger charge is -2.06. The molecule has 0 aliphatic rings. The van der Waals surface area contributed by atoms with Crippen LogP contribution in [0.1, 0.15) is 18.4 Å². The number of aromatic amines is 1. The molecule has 4 heterocycles. The van der Waals surface area contributed by atoms with Crippen LogP contribution in [0.5, 0.6) is 5.75 Å². The Kier molecular flexibility index (Phi) is 4.09. The Morgan fingerprint density at radius 3 is 2.63 bits per heavy atom. The molecule has 0 fully saturated rings. The zero-order valence-electron chi connectivity index (χ0n) is 16.7. The maximum absolute atomic E-state index is 13.1. The second kappa shape index (κ2) is 6.80. The van der Waals surface area contributed by atoms with Crippen LogP contribution in [0.15, 0.2) is 47.5 Å². The van der Waals surface area contributed by atoms with Crippen LogP contribution in [0.25, 0.3) is 33.6 Å². The second-order valence-corrected chi connectivity index (χ2v) is 6.91. The van der Waals surface area contributed by atoms with Crippen molar-refractivity contribution < 1.29 is 4.74 Å². The van der Waals surface area contributed by atoms with Gasteiger partial charge in [0, 0.05) is 18.0 Å². The fourth-order valence-electron chi connectivity index (χ4n) is 3.61. The average molecular weight is 401 g/mol. The molecule has 0 aliphatic heterocycles. The van der Waals surface area contributed by atoms with Crippen LogP contribution in [0.3, 0.4) is 0 Å². The van der Waals surface area contributed by atoms with E-state index in [1.807, 2.05) is 30.3 Å². The van der Waals surface area contributed by atoms with Gasteiger partial charge < -0.3 is 4.74 Å². The van der Waals surface area contributed by atoms with Gasteiger partial charge in [0.1, 0.15) is 11.6 Å². The molecule has 150 valence electrons. The van der Waals surface area contributed by atoms with Gasteiger partial charge in [0.15, 0.2) is 5.65 Å². The maximum Gasteiger partial charge on any atom is 0.268 e. The van der Waals surface area contributed by atoms with E-state index in [1.165, 1.54) is 4.57 Å². The number of aryl methyl sites for hydroxylation is 2. The average Bonchev–Trinajstić information content (AvgIpc) is 3.37. The molecule has 5 aromatic rings. The van der Waals surface area contributed by atoms with Crippen molar-refractivity contribution in [2.24, 2.45) is 0 Å². The Labute approximate surface area is 171 Å². The number of fused-ring (bicyclic) bond motifs is 3. The third-order valence-corrected chi connectivity index (χ3v) is 5.10. The monoisotopic (exact) mass is 401 g/mol. The van der Waals surface area contributed by atoms with Gasteiger partial charge in [-0.1, -0.05) is 19.1 Å². The van der Waals surface area contributed by atoms with Crippen LogP contribution < -0.4 is 10.3 Å². The minimum Gasteiger partial charge on any atom is -0.497 e. The van der Waals surface area contributed by atoms with Crippen molar-refractivity contribution in [3.8, 4) is 22.8 Å². The minimum absolute atomic E-state index is 0.250. The Bertz CT molecular complexity index is 1440. The van der Waals surface area contributed by atoms with E-state index in [0.717, 1.165) is 29.0 Å². The number of nitrogens with zero attached hydrogens (tertiary/aromatic N) is 6. The second-order valence-electron chi connectivity index (χ2n) is 6.91. The highest BCUT2D eigenvalue weighted by Gasteiger charge is 2.18. The first kappa shape index (κ1) is 18.0. The molecule has 0 amide bonds. The summed E-state index contributed by atoms with van der Waals surface area (Å²) in [5.41, 5.74) is 4.00. The first-order valence-corrected chi connectivity index (χ1v) is 9.56. The highest BCUT2D eigenvalue weighted by molar-refractivity contribution is 5.86. The smallest absolute Gasteiger partial charge is 0.268 e. The molecule has 30 heavy (non-hydrogen) atoms. The molecule has 0 aliphatic carbocycles. The van der Waals surface area contributed by atoms with E-state index in [0.29, 0.717) is 28.3 Å². The summed E-state index contributed by atoms with van der Waals surface area (Å²) in [6.07, 6.45) is 3.99. The molecule has 0 saturated heterocycles. The summed E-state index contributed by atoms with van der Waals surface area (Å²) in [5, 5.41) is 12.0. The van der Waals surface area contributed by atoms with Crippen molar-refractivity contribution in [3.63, 3.8) is 0 Å². The standard InChI is InChI=1S/C21H19N7O2/c1-4-16-18(13-5-7-14(30-3)8-6-13)19-22-11-15-17(28(19)26-16)9-10-27(20(15)29)21-23-12(2)24-25-21/h5-11H,4H2,1-3H3,(H,23,24,25). The van der Waals surface area contributed by atoms with Crippen LogP contribution in [0.4, 0.5) is 0 Å². The maximum atomic E-state index is 13.1. The minimum atomic E-state index is -0.250. The van der Waals surface area contributed by atoms with Crippen molar-refractivity contribution in [1.29, 1.82) is 0 Å². The molecule has 0 bridgehead atoms. The molecule has 1 aromatic carbocycles. The number of aromatic nitrogens is 7. The number of nitrogens with one attached hydrogen (secondary N) is 1. The predicted octanol–water partition coefficient (Wildman–Crippen LogP) is 2.70. The molecule has 0 saturated carbocycles. The zero-order valence-corrected chi connectivity index (χ0v) is 16.7. The number of benzene rings is 1. The first-order valence-electron chi connectivity index (χ1n) is 9.56. The summed E-state index contributed by atoms with van der Waals surface area (Å²) in [6, 6.07) is 9.64. The molecular weight excluding hydrogens is 382 g/mol. The van der Waals surface area contributed by atoms with Gasteiger partial charge in [-0.3, -0.25) is 9.89 Å². The van der Waals surface area contributed by atoms with Gasteiger partial charge in [-0.2, -0.15) is 10.1 Å². The van der Waals surface area contributed by atoms with Crippen molar-refractivity contribution in [2.45, 2.75) is 20.3 Å². The summed E-state index contributed by atoms with van der Waals surface area (Å²) in [4.78, 5) is 21.9. The summed E-state index contributed by atoms with van der Waals surface area (Å²) in [6.45, 7) is 3.83. The van der Waals surface area contributed by atoms with E-state index in [2.05, 4.69) is 27.1 Å². The molecule has 9 nitrogen and oxygen atoms in total. The quantitative estimate of drug-likeness (QED) is 0.497. The van der Waals surface area contributed by atoms with Crippen LogP contribution in [-0.4, -0.2) is 41.5 Å². The summed E-state index contributed by atoms with van der Waals surface area (Å²) >= 11 is 0. The van der Waals surface area contributed by atoms with E-state index in [9.17, 15) is 4.79 Å². The molecular formula is C21H19N7O2. The number of methoxy groups -OCH3 is 1. The van der Waals surface area contributed by atoms with E-state index >= 15 is 0 Å². The van der Waals surface area contributed by atoms with E-state index in [1.54, 1.807) is 30.9 Å². The van der Waals surface area contributed by atoms with E-state index in [4.69, 9.17) is 9.84 Å². The lowest BCUT2D eigenvalue weighted by Crippen LogP contribution is -2.20. The normalized spacial score (nSPS) is 11.4. The van der Waals surface area contributed by atoms with Gasteiger partial charge in [0.2, 0.25) is 0 Å². The van der Waals surface area contributed by atoms with Crippen molar-refractivity contribution >= 4 is 16.6 Å². The molecule has 4 aromatic heterocycles. The molecule has 0 atom stereocenters. The molecule has 0 radical (unpaired) electrons. The van der Waals surface area contributed by atoms with Gasteiger partial charge >= 0.3 is 0 Å². The first-order chi connectivity index (χ1) is 14.6. The summed E-state index contributed by atoms with van der Waals surface area (Å²) in [7, 11) is 1.64. The van der Waals surface area contributed by atoms with E-state index in [-0.39, 0.29) is 5.56 Å². The summed E-state index contributed by atoms with van der Waals surface area (Å²) < 4.78 is 8.40. The van der Waals surface area contributed by atoms with Gasteiger partial charge in [0.05, 0.1) is 23.7 Å². The Balaban J connectivity index is 1.75. The van der Waals surface area contributed by atoms with Crippen molar-refractivity contribution in [1.82, 2.24) is 34.3 Å². The number of H-pyrrole nitrogens is 1. The lowest BCUT2D eigenvalue weighted by molar-refractivity contribution is 0.415. The third-order valence-electron chi connectivity index (χ3n) is 5.10. The summed E-state index contributed by atoms with van der Waals surface area (Å²) in [5.74, 6) is 1.72. The number of rotatable bonds is 4. The SMILES string of the molecule is CCc1nn2c(ncc3c(=O)n(-c4n[nH]c(C)n4)ccc32)c1-c1ccc(OC)cc1. The van der Waals surface area contributed by atoms with E-state index < -0.39 is 0 Å². The number of ether oxygens (including phenoxy) is 1. The van der Waals surface area contributed by atoms with Crippen LogP contribution >= 0.6 is 0 Å². The van der Waals surface area contributed by atoms with Gasteiger partial charge in [0.25, 0.3) is 11.5 Å².